The van der Waals surface area contributed by atoms with Crippen molar-refractivity contribution in [3.8, 4) is 22.9 Å². The van der Waals surface area contributed by atoms with Gasteiger partial charge in [-0.3, -0.25) is 19.9 Å². The third-order valence-electron chi connectivity index (χ3n) is 7.76. The Morgan fingerprint density at radius 2 is 1.21 bits per heavy atom. The number of halogens is 1. The molecule has 0 bridgehead atoms. The minimum Gasteiger partial charge on any atom is -0.872 e. The van der Waals surface area contributed by atoms with Crippen molar-refractivity contribution in [3.05, 3.63) is 134 Å². The van der Waals surface area contributed by atoms with Crippen LogP contribution in [0.4, 0.5) is 34.1 Å². The molecule has 0 N–H and O–H groups in total. The van der Waals surface area contributed by atoms with Gasteiger partial charge >= 0.3 is 136 Å². The molecule has 0 atom stereocenters. The van der Waals surface area contributed by atoms with Crippen LogP contribution >= 0.6 is 11.6 Å². The number of non-ortho nitro benzene ring substituents is 1. The van der Waals surface area contributed by atoms with E-state index in [9.17, 15) is 69.1 Å². The second-order valence-corrected chi connectivity index (χ2v) is 16.5. The molecule has 67 heavy (non-hydrogen) atoms. The zero-order chi connectivity index (χ0) is 45.7. The predicted octanol–water partition coefficient (Wildman–Crippen LogP) is -8.12. The van der Waals surface area contributed by atoms with Crippen LogP contribution in [-0.2, 0) is 47.7 Å². The molecule has 0 unspecified atom stereocenters. The summed E-state index contributed by atoms with van der Waals surface area (Å²) in [6.07, 6.45) is 0.976. The summed E-state index contributed by atoms with van der Waals surface area (Å²) in [7, 11) is -15.0. The first-order valence-corrected chi connectivity index (χ1v) is 21.0. The molecule has 0 aliphatic rings. The van der Waals surface area contributed by atoms with E-state index in [0.717, 1.165) is 35.2 Å². The van der Waals surface area contributed by atoms with Gasteiger partial charge in [-0.05, 0) is 66.2 Å². The molecule has 32 heteroatoms. The van der Waals surface area contributed by atoms with Crippen molar-refractivity contribution in [2.75, 3.05) is 0 Å². The Balaban J connectivity index is 0.00000122. The van der Waals surface area contributed by atoms with Crippen molar-refractivity contribution in [2.24, 2.45) is 25.4 Å². The van der Waals surface area contributed by atoms with Crippen LogP contribution < -0.4 is 144 Å². The van der Waals surface area contributed by atoms with Gasteiger partial charge in [0.1, 0.15) is 36.0 Å². The van der Waals surface area contributed by atoms with Crippen LogP contribution in [0.25, 0.3) is 5.69 Å². The number of nitro groups is 1. The predicted molar refractivity (Wildman–Crippen MR) is 205 cm³/mol. The number of benzene rings is 5. The van der Waals surface area contributed by atoms with Gasteiger partial charge in [0, 0.05) is 29.1 Å². The second-order valence-electron chi connectivity index (χ2n) is 12.0. The Hall–Kier alpha value is -2.67. The summed E-state index contributed by atoms with van der Waals surface area (Å²) < 4.78 is 101. The number of hydrogen-bond donors (Lipinski definition) is 0. The summed E-state index contributed by atoms with van der Waals surface area (Å²) in [4.78, 5) is 23.4. The van der Waals surface area contributed by atoms with E-state index >= 15 is 0 Å². The van der Waals surface area contributed by atoms with Crippen LogP contribution in [0.5, 0.6) is 17.2 Å². The number of aliphatic imine (C=N–C) groups is 1. The van der Waals surface area contributed by atoms with Crippen molar-refractivity contribution >= 4 is 82.3 Å². The topological polar surface area (TPSA) is 382 Å². The first kappa shape index (κ1) is 64.3. The summed E-state index contributed by atoms with van der Waals surface area (Å²) in [6.45, 7) is 1.45. The van der Waals surface area contributed by atoms with E-state index in [2.05, 4.69) is 30.5 Å². The zero-order valence-electron chi connectivity index (χ0n) is 35.0. The van der Waals surface area contributed by atoms with Crippen LogP contribution in [0.2, 0.25) is 5.02 Å². The molecule has 1 radical (unpaired) electrons. The molecule has 1 aromatic heterocycles. The number of aromatic nitrogens is 2. The Bertz CT molecular complexity index is 3240. The van der Waals surface area contributed by atoms with Gasteiger partial charge in [-0.1, -0.05) is 60.0 Å². The SMILES string of the molecule is Cc1[n-]n(-c2ccccc2)c(=O)c1N=Nc1cc([N+](=O)[O-])cc(S(=O)(=O)[O-])c1[O-].O=S(=O)([O-])c1ccc(N=Nc2ccc([O-])c(C=Nc3cc(Cl)cc(S(=O)(=O)[O-])c3[O-])c2)cc1.[Cr+3].[Na+].[Na+].[Na+].[Na+]. The molecule has 0 saturated carbocycles. The molecule has 6 rings (SSSR count). The average Bonchev–Trinajstić information content (AvgIpc) is 3.48. The fourth-order valence-electron chi connectivity index (χ4n) is 4.87. The number of rotatable bonds is 11. The summed E-state index contributed by atoms with van der Waals surface area (Å²) >= 11 is 5.74. The molecule has 0 aliphatic carbocycles. The van der Waals surface area contributed by atoms with Crippen molar-refractivity contribution in [1.82, 2.24) is 9.78 Å². The van der Waals surface area contributed by atoms with Gasteiger partial charge in [-0.2, -0.15) is 15.3 Å². The van der Waals surface area contributed by atoms with Crippen molar-refractivity contribution < 1.29 is 195 Å². The van der Waals surface area contributed by atoms with E-state index in [1.54, 1.807) is 30.3 Å². The normalized spacial score (nSPS) is 11.3. The maximum absolute atomic E-state index is 12.5. The van der Waals surface area contributed by atoms with Crippen LogP contribution in [-0.4, -0.2) is 54.7 Å². The second kappa shape index (κ2) is 27.1. The van der Waals surface area contributed by atoms with Crippen molar-refractivity contribution in [3.63, 3.8) is 0 Å². The van der Waals surface area contributed by atoms with Crippen LogP contribution in [0.1, 0.15) is 11.3 Å². The Labute approximate surface area is 484 Å². The number of nitrogens with zero attached hydrogens (tertiary/aromatic N) is 8. The molecule has 6 aromatic rings. The number of para-hydroxylation sites is 1. The first-order chi connectivity index (χ1) is 28.9. The fraction of sp³-hybridized carbons (Fsp3) is 0.0286. The molecule has 0 saturated heterocycles. The van der Waals surface area contributed by atoms with Gasteiger partial charge < -0.3 is 38.8 Å². The molecule has 0 aliphatic heterocycles. The molecular weight excluding hydrogens is 1050 g/mol. The average molecular weight is 1070 g/mol. The van der Waals surface area contributed by atoms with Gasteiger partial charge in [0.25, 0.3) is 11.2 Å². The Kier molecular flexibility index (Phi) is 26.0. The maximum atomic E-state index is 12.5. The molecule has 23 nitrogen and oxygen atoms in total. The van der Waals surface area contributed by atoms with Crippen molar-refractivity contribution in [2.45, 2.75) is 21.6 Å². The van der Waals surface area contributed by atoms with E-state index in [-0.39, 0.29) is 169 Å². The van der Waals surface area contributed by atoms with E-state index in [1.165, 1.54) is 31.2 Å². The zero-order valence-corrected chi connectivity index (χ0v) is 47.5. The Morgan fingerprint density at radius 1 is 0.672 bits per heavy atom. The number of hydrogen-bond acceptors (Lipinski definition) is 20. The minimum absolute atomic E-state index is 0. The van der Waals surface area contributed by atoms with Gasteiger partial charge in [-0.15, -0.1) is 10.8 Å². The molecule has 1 heterocycles. The summed E-state index contributed by atoms with van der Waals surface area (Å²) in [6, 6.07) is 19.5. The molecule has 325 valence electrons. The molecule has 0 spiro atoms. The third kappa shape index (κ3) is 17.3. The van der Waals surface area contributed by atoms with Crippen LogP contribution in [0.3, 0.4) is 0 Å². The summed E-state index contributed by atoms with van der Waals surface area (Å²) in [5, 5.41) is 66.0. The molecule has 5 aromatic carbocycles. The standard InChI is InChI=1S/C19H14ClN3O8S2.C16H13N5O7S.Cr.4Na/c20-12-8-16(19(25)18(9-12)33(29,30)31)21-10-11-7-14(3-6-17(11)24)23-22-13-1-4-15(5-2-13)32(26,27)28;1-9-14(16(23)20(19-9)10-5-3-2-4-6-10)18-17-12-7-11(21(24)25)8-13(15(12)22)29(26,27)28;;;;;/h1-10,24-25H,(H,26,27,28)(H,29,30,31);2-8H,1H3,(H3,17,18,19,22,23,26,27,28);;;;;/q;;+3;4*+1/p-7. The first-order valence-electron chi connectivity index (χ1n) is 16.4. The molecule has 0 fully saturated rings. The van der Waals surface area contributed by atoms with Gasteiger partial charge in [0.05, 0.1) is 42.4 Å². The fourth-order valence-corrected chi connectivity index (χ4v) is 6.82. The minimum atomic E-state index is -5.29. The number of azo groups is 2. The van der Waals surface area contributed by atoms with Gasteiger partial charge in [-0.25, -0.2) is 25.3 Å². The largest absolute Gasteiger partial charge is 3.00 e. The van der Waals surface area contributed by atoms with Crippen molar-refractivity contribution in [1.29, 1.82) is 0 Å². The Morgan fingerprint density at radius 3 is 1.76 bits per heavy atom. The smallest absolute Gasteiger partial charge is 0.872 e. The van der Waals surface area contributed by atoms with Gasteiger partial charge in [0.2, 0.25) is 0 Å². The summed E-state index contributed by atoms with van der Waals surface area (Å²) in [5.41, 5.74) is -2.04. The van der Waals surface area contributed by atoms with E-state index in [0.29, 0.717) is 23.9 Å². The van der Waals surface area contributed by atoms with E-state index in [4.69, 9.17) is 11.6 Å². The molecule has 0 amide bonds. The number of aryl methyl sites for hydroxylation is 1. The van der Waals surface area contributed by atoms with E-state index < -0.39 is 89.8 Å². The monoisotopic (exact) mass is 1070 g/mol. The van der Waals surface area contributed by atoms with Gasteiger partial charge in [0.15, 0.2) is 0 Å². The molecular formula is C35H20ClCrN8Na4O15S3. The quantitative estimate of drug-likeness (QED) is 0.0290. The summed E-state index contributed by atoms with van der Waals surface area (Å²) in [5.74, 6) is -3.04. The van der Waals surface area contributed by atoms with Crippen LogP contribution in [0, 0.1) is 17.0 Å². The van der Waals surface area contributed by atoms with E-state index in [1.807, 2.05) is 0 Å². The van der Waals surface area contributed by atoms with Crippen LogP contribution in [0.15, 0.2) is 142 Å². The number of nitro benzene ring substituents is 1. The third-order valence-corrected chi connectivity index (χ3v) is 10.5. The maximum Gasteiger partial charge on any atom is 3.00 e.